The van der Waals surface area contributed by atoms with Gasteiger partial charge in [0.25, 0.3) is 0 Å². The number of hydrogen-bond acceptors (Lipinski definition) is 3. The molecule has 18 heavy (non-hydrogen) atoms. The Morgan fingerprint density at radius 1 is 1.28 bits per heavy atom. The van der Waals surface area contributed by atoms with Crippen LogP contribution in [0, 0.1) is 0 Å². The third-order valence-corrected chi connectivity index (χ3v) is 4.21. The highest BCUT2D eigenvalue weighted by Gasteiger charge is 2.20. The second kappa shape index (κ2) is 8.13. The van der Waals surface area contributed by atoms with Crippen molar-refractivity contribution in [1.29, 1.82) is 0 Å². The molecule has 0 aromatic rings. The molecule has 0 aliphatic carbocycles. The normalized spacial score (nSPS) is 29.8. The zero-order valence-electron chi connectivity index (χ0n) is 12.0. The van der Waals surface area contributed by atoms with Crippen LogP contribution in [0.5, 0.6) is 0 Å². The maximum absolute atomic E-state index is 5.89. The van der Waals surface area contributed by atoms with Crippen molar-refractivity contribution in [3.63, 3.8) is 0 Å². The zero-order chi connectivity index (χ0) is 12.6. The molecule has 2 rings (SSSR count). The highest BCUT2D eigenvalue weighted by molar-refractivity contribution is 4.77. The van der Waals surface area contributed by atoms with Crippen LogP contribution < -0.4 is 5.32 Å². The van der Waals surface area contributed by atoms with Crippen LogP contribution in [-0.4, -0.2) is 49.8 Å². The Morgan fingerprint density at radius 2 is 2.22 bits per heavy atom. The van der Waals surface area contributed by atoms with E-state index >= 15 is 0 Å². The van der Waals surface area contributed by atoms with Gasteiger partial charge in [-0.05, 0) is 64.6 Å². The van der Waals surface area contributed by atoms with Crippen LogP contribution in [0.4, 0.5) is 0 Å². The molecule has 2 saturated heterocycles. The molecule has 3 heteroatoms. The lowest BCUT2D eigenvalue weighted by Crippen LogP contribution is -2.40. The van der Waals surface area contributed by atoms with Crippen molar-refractivity contribution in [2.45, 2.75) is 64.0 Å². The molecule has 2 aliphatic rings. The number of piperidine rings is 1. The van der Waals surface area contributed by atoms with Gasteiger partial charge in [0.2, 0.25) is 0 Å². The van der Waals surface area contributed by atoms with Crippen LogP contribution in [0.3, 0.4) is 0 Å². The van der Waals surface area contributed by atoms with Gasteiger partial charge < -0.3 is 15.0 Å². The monoisotopic (exact) mass is 254 g/mol. The van der Waals surface area contributed by atoms with Crippen molar-refractivity contribution in [3.05, 3.63) is 0 Å². The van der Waals surface area contributed by atoms with Gasteiger partial charge in [0, 0.05) is 19.2 Å². The summed E-state index contributed by atoms with van der Waals surface area (Å²) in [5.74, 6) is 0. The van der Waals surface area contributed by atoms with E-state index in [0.29, 0.717) is 6.10 Å². The van der Waals surface area contributed by atoms with Crippen LogP contribution in [0.15, 0.2) is 0 Å². The van der Waals surface area contributed by atoms with Crippen molar-refractivity contribution in [3.8, 4) is 0 Å². The summed E-state index contributed by atoms with van der Waals surface area (Å²) in [4.78, 5) is 2.61. The summed E-state index contributed by atoms with van der Waals surface area (Å²) in [5.41, 5.74) is 0. The summed E-state index contributed by atoms with van der Waals surface area (Å²) in [6, 6.07) is 0.807. The van der Waals surface area contributed by atoms with Gasteiger partial charge in [-0.25, -0.2) is 0 Å². The van der Waals surface area contributed by atoms with Gasteiger partial charge in [0.15, 0.2) is 0 Å². The zero-order valence-corrected chi connectivity index (χ0v) is 12.0. The van der Waals surface area contributed by atoms with Crippen LogP contribution in [-0.2, 0) is 4.74 Å². The molecule has 0 bridgehead atoms. The Hall–Kier alpha value is -0.120. The number of hydrogen-bond donors (Lipinski definition) is 1. The summed E-state index contributed by atoms with van der Waals surface area (Å²) in [5, 5.41) is 3.59. The average molecular weight is 254 g/mol. The number of nitrogens with zero attached hydrogens (tertiary/aromatic N) is 1. The van der Waals surface area contributed by atoms with E-state index in [2.05, 4.69) is 17.1 Å². The first-order valence-corrected chi connectivity index (χ1v) is 7.96. The van der Waals surface area contributed by atoms with E-state index in [0.717, 1.165) is 25.6 Å². The topological polar surface area (TPSA) is 24.5 Å². The Bertz CT molecular complexity index is 217. The predicted octanol–water partition coefficient (Wildman–Crippen LogP) is 2.41. The van der Waals surface area contributed by atoms with E-state index in [4.69, 9.17) is 4.74 Å². The van der Waals surface area contributed by atoms with Crippen molar-refractivity contribution in [2.24, 2.45) is 0 Å². The van der Waals surface area contributed by atoms with E-state index in [9.17, 15) is 0 Å². The lowest BCUT2D eigenvalue weighted by atomic mass is 10.1. The van der Waals surface area contributed by atoms with E-state index in [1.165, 1.54) is 58.2 Å². The van der Waals surface area contributed by atoms with Crippen molar-refractivity contribution in [1.82, 2.24) is 10.2 Å². The summed E-state index contributed by atoms with van der Waals surface area (Å²) in [7, 11) is 0. The van der Waals surface area contributed by atoms with E-state index in [1.807, 2.05) is 0 Å². The fourth-order valence-electron chi connectivity index (χ4n) is 3.20. The first kappa shape index (κ1) is 14.3. The molecule has 0 aromatic heterocycles. The molecule has 2 atom stereocenters. The van der Waals surface area contributed by atoms with Crippen LogP contribution in [0.25, 0.3) is 0 Å². The molecular weight excluding hydrogens is 224 g/mol. The Labute approximate surface area is 112 Å². The van der Waals surface area contributed by atoms with Gasteiger partial charge in [0.05, 0.1) is 6.10 Å². The van der Waals surface area contributed by atoms with E-state index < -0.39 is 0 Å². The van der Waals surface area contributed by atoms with E-state index in [-0.39, 0.29) is 0 Å². The molecule has 0 radical (unpaired) electrons. The molecule has 2 aliphatic heterocycles. The van der Waals surface area contributed by atoms with Gasteiger partial charge >= 0.3 is 0 Å². The number of rotatable bonds is 7. The molecule has 2 fully saturated rings. The highest BCUT2D eigenvalue weighted by Crippen LogP contribution is 2.16. The molecule has 2 heterocycles. The van der Waals surface area contributed by atoms with E-state index in [1.54, 1.807) is 0 Å². The molecule has 2 unspecified atom stereocenters. The van der Waals surface area contributed by atoms with Crippen LogP contribution >= 0.6 is 0 Å². The lowest BCUT2D eigenvalue weighted by molar-refractivity contribution is -0.000447. The highest BCUT2D eigenvalue weighted by atomic mass is 16.5. The molecule has 106 valence electrons. The maximum atomic E-state index is 5.89. The second-order valence-corrected chi connectivity index (χ2v) is 5.87. The minimum absolute atomic E-state index is 0.503. The van der Waals surface area contributed by atoms with Gasteiger partial charge in [-0.3, -0.25) is 0 Å². The first-order valence-electron chi connectivity index (χ1n) is 7.96. The molecule has 0 amide bonds. The Kier molecular flexibility index (Phi) is 6.46. The molecule has 1 N–H and O–H groups in total. The fraction of sp³-hybridized carbons (Fsp3) is 1.00. The molecule has 0 spiro atoms. The average Bonchev–Trinajstić information content (AvgIpc) is 2.90. The van der Waals surface area contributed by atoms with Crippen LogP contribution in [0.1, 0.15) is 51.9 Å². The van der Waals surface area contributed by atoms with Crippen molar-refractivity contribution in [2.75, 3.05) is 32.8 Å². The smallest absolute Gasteiger partial charge is 0.0702 e. The molecule has 3 nitrogen and oxygen atoms in total. The fourth-order valence-corrected chi connectivity index (χ4v) is 3.20. The summed E-state index contributed by atoms with van der Waals surface area (Å²) < 4.78 is 5.89. The number of ether oxygens (including phenoxy) is 1. The predicted molar refractivity (Wildman–Crippen MR) is 76.0 cm³/mol. The minimum Gasteiger partial charge on any atom is -0.377 e. The van der Waals surface area contributed by atoms with Gasteiger partial charge in [-0.15, -0.1) is 0 Å². The number of nitrogens with one attached hydrogen (secondary N) is 1. The van der Waals surface area contributed by atoms with Crippen molar-refractivity contribution >= 4 is 0 Å². The quantitative estimate of drug-likeness (QED) is 0.755. The van der Waals surface area contributed by atoms with Gasteiger partial charge in [-0.2, -0.15) is 0 Å². The summed E-state index contributed by atoms with van der Waals surface area (Å²) >= 11 is 0. The number of likely N-dealkylation sites (tertiary alicyclic amines) is 1. The summed E-state index contributed by atoms with van der Waals surface area (Å²) in [6.45, 7) is 8.08. The Morgan fingerprint density at radius 3 is 3.00 bits per heavy atom. The third-order valence-electron chi connectivity index (χ3n) is 4.21. The standard InChI is InChI=1S/C15H30N2O/c1-2-12-18-15-8-5-11-17(13-15)10-4-7-14-6-3-9-16-14/h14-16H,2-13H2,1H3. The maximum Gasteiger partial charge on any atom is 0.0702 e. The largest absolute Gasteiger partial charge is 0.377 e. The van der Waals surface area contributed by atoms with Gasteiger partial charge in [0.1, 0.15) is 0 Å². The third kappa shape index (κ3) is 4.87. The van der Waals surface area contributed by atoms with Gasteiger partial charge in [-0.1, -0.05) is 6.92 Å². The minimum atomic E-state index is 0.503. The first-order chi connectivity index (χ1) is 8.88. The molecular formula is C15H30N2O. The Balaban J connectivity index is 1.57. The SMILES string of the molecule is CCCOC1CCCN(CCCC2CCCN2)C1. The molecule has 0 saturated carbocycles. The van der Waals surface area contributed by atoms with Crippen LogP contribution in [0.2, 0.25) is 0 Å². The molecule has 0 aromatic carbocycles. The summed E-state index contributed by atoms with van der Waals surface area (Å²) in [6.07, 6.45) is 9.70. The second-order valence-electron chi connectivity index (χ2n) is 5.87. The van der Waals surface area contributed by atoms with Crippen molar-refractivity contribution < 1.29 is 4.74 Å². The lowest BCUT2D eigenvalue weighted by Gasteiger charge is -2.32.